The lowest BCUT2D eigenvalue weighted by Gasteiger charge is -2.09. The molecule has 11 heteroatoms. The minimum atomic E-state index is -0.416. The van der Waals surface area contributed by atoms with E-state index in [1.807, 2.05) is 23.2 Å². The van der Waals surface area contributed by atoms with Crippen molar-refractivity contribution in [3.63, 3.8) is 0 Å². The van der Waals surface area contributed by atoms with Crippen molar-refractivity contribution in [2.45, 2.75) is 46.1 Å². The Morgan fingerprint density at radius 2 is 2.17 bits per heavy atom. The molecule has 1 atom stereocenters. The molecule has 9 nitrogen and oxygen atoms in total. The highest BCUT2D eigenvalue weighted by atomic mass is 127. The summed E-state index contributed by atoms with van der Waals surface area (Å²) in [5.74, 6) is 1.80. The van der Waals surface area contributed by atoms with Gasteiger partial charge in [-0.05, 0) is 25.8 Å². The molecule has 1 aliphatic rings. The first-order valence-corrected chi connectivity index (χ1v) is 13.2. The molecule has 0 bridgehead atoms. The van der Waals surface area contributed by atoms with Gasteiger partial charge in [-0.15, -0.1) is 0 Å². The Morgan fingerprint density at radius 1 is 1.43 bits per heavy atom. The predicted molar refractivity (Wildman–Crippen MR) is 131 cm³/mol. The SMILES string of the molecule is CCC1CC1.CNC(=O)C(C)n1cc(Nc2nc(N)c3ccn(SI)c3n2)c(C)n1. The largest absolute Gasteiger partial charge is 0.383 e. The number of fused-ring (bicyclic) bond motifs is 1. The standard InChI is InChI=1S/C14H17IN8OS.C5H10/c1-7-10(6-22(21-7)8(2)13(24)17-3)18-14-19-11(16)9-4-5-23(25-15)12(9)20-14;1-2-5-3-4-5/h4-6,8H,1-3H3,(H,17,24)(H3,16,18,19,20);5H,2-4H2,1H3. The zero-order chi connectivity index (χ0) is 21.8. The van der Waals surface area contributed by atoms with E-state index in [9.17, 15) is 4.79 Å². The third-order valence-electron chi connectivity index (χ3n) is 5.07. The predicted octanol–water partition coefficient (Wildman–Crippen LogP) is 4.22. The average molecular weight is 542 g/mol. The number of nitrogen functional groups attached to an aromatic ring is 1. The highest BCUT2D eigenvalue weighted by molar-refractivity contribution is 14.2. The van der Waals surface area contributed by atoms with Gasteiger partial charge < -0.3 is 16.4 Å². The molecule has 0 aromatic carbocycles. The first-order valence-electron chi connectivity index (χ1n) is 9.85. The number of hydrogen-bond acceptors (Lipinski definition) is 7. The fourth-order valence-corrected chi connectivity index (χ4v) is 4.17. The lowest BCUT2D eigenvalue weighted by molar-refractivity contribution is -0.123. The van der Waals surface area contributed by atoms with Gasteiger partial charge in [-0.1, -0.05) is 26.2 Å². The molecule has 162 valence electrons. The van der Waals surface area contributed by atoms with E-state index in [-0.39, 0.29) is 5.91 Å². The van der Waals surface area contributed by atoms with Crippen molar-refractivity contribution >= 4 is 64.7 Å². The van der Waals surface area contributed by atoms with E-state index >= 15 is 0 Å². The van der Waals surface area contributed by atoms with E-state index in [0.717, 1.165) is 28.3 Å². The Morgan fingerprint density at radius 3 is 2.73 bits per heavy atom. The van der Waals surface area contributed by atoms with E-state index in [0.29, 0.717) is 11.8 Å². The monoisotopic (exact) mass is 542 g/mol. The number of carbonyl (C=O) groups excluding carboxylic acids is 1. The number of aromatic nitrogens is 5. The summed E-state index contributed by atoms with van der Waals surface area (Å²) in [4.78, 5) is 20.6. The van der Waals surface area contributed by atoms with Gasteiger partial charge >= 0.3 is 0 Å². The summed E-state index contributed by atoms with van der Waals surface area (Å²) in [6, 6.07) is 1.47. The number of carbonyl (C=O) groups is 1. The molecule has 30 heavy (non-hydrogen) atoms. The number of hydrogen-bond donors (Lipinski definition) is 3. The number of aryl methyl sites for hydroxylation is 1. The minimum Gasteiger partial charge on any atom is -0.383 e. The van der Waals surface area contributed by atoms with Gasteiger partial charge in [-0.3, -0.25) is 13.4 Å². The number of nitrogens with one attached hydrogen (secondary N) is 2. The van der Waals surface area contributed by atoms with Crippen LogP contribution in [0, 0.1) is 12.8 Å². The molecule has 0 radical (unpaired) electrons. The molecule has 3 aromatic rings. The quantitative estimate of drug-likeness (QED) is 0.400. The van der Waals surface area contributed by atoms with Crippen LogP contribution in [0.4, 0.5) is 17.5 Å². The molecular formula is C19H27IN8OS. The van der Waals surface area contributed by atoms with Crippen LogP contribution >= 0.6 is 30.3 Å². The third-order valence-corrected chi connectivity index (χ3v) is 6.79. The summed E-state index contributed by atoms with van der Waals surface area (Å²) in [6.07, 6.45) is 8.09. The van der Waals surface area contributed by atoms with Crippen molar-refractivity contribution in [3.05, 3.63) is 24.2 Å². The first kappa shape index (κ1) is 22.7. The first-order chi connectivity index (χ1) is 14.4. The second-order valence-electron chi connectivity index (χ2n) is 7.26. The van der Waals surface area contributed by atoms with Crippen LogP contribution in [0.5, 0.6) is 0 Å². The van der Waals surface area contributed by atoms with Gasteiger partial charge in [0.05, 0.1) is 16.8 Å². The highest BCUT2D eigenvalue weighted by Gasteiger charge is 2.18. The van der Waals surface area contributed by atoms with Crippen LogP contribution in [0.2, 0.25) is 0 Å². The molecule has 4 N–H and O–H groups in total. The van der Waals surface area contributed by atoms with Crippen LogP contribution in [-0.4, -0.2) is 36.7 Å². The smallest absolute Gasteiger partial charge is 0.244 e. The van der Waals surface area contributed by atoms with Crippen molar-refractivity contribution in [1.82, 2.24) is 29.0 Å². The Kier molecular flexibility index (Phi) is 7.45. The highest BCUT2D eigenvalue weighted by Crippen LogP contribution is 2.31. The zero-order valence-electron chi connectivity index (χ0n) is 17.5. The Balaban J connectivity index is 0.000000448. The van der Waals surface area contributed by atoms with Crippen molar-refractivity contribution in [2.24, 2.45) is 5.92 Å². The van der Waals surface area contributed by atoms with Crippen LogP contribution in [0.3, 0.4) is 0 Å². The lowest BCUT2D eigenvalue weighted by atomic mass is 10.3. The normalized spacial score (nSPS) is 14.2. The summed E-state index contributed by atoms with van der Waals surface area (Å²) >= 11 is 2.18. The maximum atomic E-state index is 11.8. The van der Waals surface area contributed by atoms with Gasteiger partial charge in [0.2, 0.25) is 11.9 Å². The van der Waals surface area contributed by atoms with E-state index in [2.05, 4.69) is 53.8 Å². The second kappa shape index (κ2) is 9.86. The fraction of sp³-hybridized carbons (Fsp3) is 0.474. The maximum absolute atomic E-state index is 11.8. The number of nitrogens with two attached hydrogens (primary N) is 1. The third kappa shape index (κ3) is 5.17. The van der Waals surface area contributed by atoms with Crippen molar-refractivity contribution in [2.75, 3.05) is 18.1 Å². The molecular weight excluding hydrogens is 515 g/mol. The number of amides is 1. The number of halogens is 1. The van der Waals surface area contributed by atoms with E-state index in [1.165, 1.54) is 28.4 Å². The average Bonchev–Trinajstić information content (AvgIpc) is 3.40. The van der Waals surface area contributed by atoms with Gasteiger partial charge in [-0.25, -0.2) is 0 Å². The minimum absolute atomic E-state index is 0.118. The number of nitrogens with zero attached hydrogens (tertiary/aromatic N) is 5. The van der Waals surface area contributed by atoms with Crippen LogP contribution in [0.1, 0.15) is 44.8 Å². The zero-order valence-corrected chi connectivity index (χ0v) is 20.5. The molecule has 1 saturated carbocycles. The van der Waals surface area contributed by atoms with Gasteiger partial charge in [-0.2, -0.15) is 15.1 Å². The van der Waals surface area contributed by atoms with Crippen LogP contribution in [-0.2, 0) is 4.79 Å². The molecule has 3 aromatic heterocycles. The number of likely N-dealkylation sites (N-methyl/N-ethyl adjacent to an activating group) is 1. The lowest BCUT2D eigenvalue weighted by Crippen LogP contribution is -2.28. The van der Waals surface area contributed by atoms with Gasteiger partial charge in [0.15, 0.2) is 5.65 Å². The molecule has 3 heterocycles. The molecule has 4 rings (SSSR count). The molecule has 1 fully saturated rings. The Hall–Kier alpha value is -2.02. The molecule has 1 aliphatic carbocycles. The number of rotatable bonds is 6. The Bertz CT molecular complexity index is 1030. The van der Waals surface area contributed by atoms with Gasteiger partial charge in [0, 0.05) is 49.8 Å². The van der Waals surface area contributed by atoms with Gasteiger partial charge in [0.1, 0.15) is 11.9 Å². The van der Waals surface area contributed by atoms with Crippen molar-refractivity contribution in [3.8, 4) is 0 Å². The summed E-state index contributed by atoms with van der Waals surface area (Å²) in [5.41, 5.74) is 8.22. The van der Waals surface area contributed by atoms with Crippen LogP contribution < -0.4 is 16.4 Å². The summed E-state index contributed by atoms with van der Waals surface area (Å²) in [5, 5.41) is 10.9. The van der Waals surface area contributed by atoms with Crippen molar-refractivity contribution < 1.29 is 4.79 Å². The summed E-state index contributed by atoms with van der Waals surface area (Å²) < 4.78 is 3.50. The van der Waals surface area contributed by atoms with Crippen LogP contribution in [0.25, 0.3) is 11.0 Å². The Labute approximate surface area is 192 Å². The second-order valence-corrected chi connectivity index (χ2v) is 8.97. The fourth-order valence-electron chi connectivity index (χ4n) is 2.91. The molecule has 0 spiro atoms. The molecule has 0 saturated heterocycles. The van der Waals surface area contributed by atoms with E-state index in [4.69, 9.17) is 5.73 Å². The van der Waals surface area contributed by atoms with Crippen molar-refractivity contribution in [1.29, 1.82) is 0 Å². The molecule has 1 unspecified atom stereocenters. The topological polar surface area (TPSA) is 116 Å². The van der Waals surface area contributed by atoms with Gasteiger partial charge in [0.25, 0.3) is 0 Å². The summed E-state index contributed by atoms with van der Waals surface area (Å²) in [6.45, 7) is 5.89. The summed E-state index contributed by atoms with van der Waals surface area (Å²) in [7, 11) is 3.10. The number of anilines is 3. The molecule has 0 aliphatic heterocycles. The van der Waals surface area contributed by atoms with E-state index in [1.54, 1.807) is 24.9 Å². The van der Waals surface area contributed by atoms with Crippen LogP contribution in [0.15, 0.2) is 18.5 Å². The van der Waals surface area contributed by atoms with E-state index < -0.39 is 6.04 Å². The molecule has 1 amide bonds. The maximum Gasteiger partial charge on any atom is 0.244 e.